The summed E-state index contributed by atoms with van der Waals surface area (Å²) in [4.78, 5) is 24.8. The van der Waals surface area contributed by atoms with Gasteiger partial charge in [0, 0.05) is 18.8 Å². The van der Waals surface area contributed by atoms with Crippen molar-refractivity contribution in [3.8, 4) is 11.5 Å². The zero-order chi connectivity index (χ0) is 20.5. The number of thiophene rings is 1. The summed E-state index contributed by atoms with van der Waals surface area (Å²) in [6, 6.07) is 7.01. The summed E-state index contributed by atoms with van der Waals surface area (Å²) in [5.74, 6) is 1.47. The van der Waals surface area contributed by atoms with E-state index in [-0.39, 0.29) is 17.2 Å². The molecule has 0 fully saturated rings. The lowest BCUT2D eigenvalue weighted by Crippen LogP contribution is -2.19. The van der Waals surface area contributed by atoms with E-state index in [0.29, 0.717) is 32.8 Å². The minimum atomic E-state index is -0.203. The van der Waals surface area contributed by atoms with E-state index in [2.05, 4.69) is 15.5 Å². The van der Waals surface area contributed by atoms with Gasteiger partial charge in [0.15, 0.2) is 16.7 Å². The first-order chi connectivity index (χ1) is 14.0. The number of ether oxygens (including phenoxy) is 2. The Hall–Kier alpha value is -3.05. The Labute approximate surface area is 173 Å². The number of hydrogen-bond donors (Lipinski definition) is 1. The first kappa shape index (κ1) is 19.3. The number of hydrogen-bond acceptors (Lipinski definition) is 8. The molecule has 3 heterocycles. The van der Waals surface area contributed by atoms with Crippen LogP contribution in [0.25, 0.3) is 16.0 Å². The second-order valence-electron chi connectivity index (χ2n) is 6.02. The van der Waals surface area contributed by atoms with E-state index in [1.807, 2.05) is 11.4 Å². The molecule has 29 heavy (non-hydrogen) atoms. The van der Waals surface area contributed by atoms with Crippen molar-refractivity contribution >= 4 is 50.7 Å². The molecule has 0 spiro atoms. The topological polar surface area (TPSA) is 99.7 Å². The number of anilines is 1. The predicted molar refractivity (Wildman–Crippen MR) is 113 cm³/mol. The van der Waals surface area contributed by atoms with Gasteiger partial charge in [0.05, 0.1) is 25.5 Å². The molecule has 11 heteroatoms. The summed E-state index contributed by atoms with van der Waals surface area (Å²) >= 11 is 2.61. The lowest BCUT2D eigenvalue weighted by Gasteiger charge is -2.10. The molecule has 0 radical (unpaired) electrons. The fraction of sp³-hybridized carbons (Fsp3) is 0.222. The zero-order valence-electron chi connectivity index (χ0n) is 15.8. The zero-order valence-corrected chi connectivity index (χ0v) is 17.5. The van der Waals surface area contributed by atoms with Gasteiger partial charge >= 0.3 is 0 Å². The van der Waals surface area contributed by atoms with Crippen molar-refractivity contribution in [2.24, 2.45) is 7.05 Å². The molecule has 0 aliphatic heterocycles. The number of nitrogens with one attached hydrogen (secondary N) is 1. The average Bonchev–Trinajstić information content (AvgIpc) is 3.37. The molecule has 3 aromatic heterocycles. The molecule has 0 aliphatic carbocycles. The normalized spacial score (nSPS) is 11.1. The molecule has 0 aliphatic rings. The summed E-state index contributed by atoms with van der Waals surface area (Å²) in [7, 11) is 4.74. The number of carbonyl (C=O) groups excluding carboxylic acids is 1. The Kier molecular flexibility index (Phi) is 5.16. The van der Waals surface area contributed by atoms with Gasteiger partial charge in [-0.25, -0.2) is 0 Å². The van der Waals surface area contributed by atoms with Gasteiger partial charge in [-0.05, 0) is 23.6 Å². The van der Waals surface area contributed by atoms with Crippen LogP contribution in [-0.2, 0) is 11.8 Å². The van der Waals surface area contributed by atoms with Crippen LogP contribution in [-0.4, -0.2) is 45.0 Å². The maximum Gasteiger partial charge on any atom is 0.272 e. The van der Waals surface area contributed by atoms with E-state index in [0.717, 1.165) is 5.52 Å². The first-order valence-corrected chi connectivity index (χ1v) is 10.4. The van der Waals surface area contributed by atoms with Gasteiger partial charge in [-0.3, -0.25) is 18.6 Å². The lowest BCUT2D eigenvalue weighted by molar-refractivity contribution is -0.113. The van der Waals surface area contributed by atoms with Crippen molar-refractivity contribution in [3.05, 3.63) is 40.0 Å². The van der Waals surface area contributed by atoms with Gasteiger partial charge in [0.2, 0.25) is 11.7 Å². The largest absolute Gasteiger partial charge is 0.493 e. The Balaban J connectivity index is 1.54. The number of thioether (sulfide) groups is 1. The highest BCUT2D eigenvalue weighted by molar-refractivity contribution is 7.99. The van der Waals surface area contributed by atoms with Crippen molar-refractivity contribution in [1.29, 1.82) is 0 Å². The van der Waals surface area contributed by atoms with Crippen LogP contribution in [0.15, 0.2) is 39.6 Å². The Bertz CT molecular complexity index is 1280. The van der Waals surface area contributed by atoms with Gasteiger partial charge in [-0.1, -0.05) is 11.8 Å². The third kappa shape index (κ3) is 3.42. The molecule has 0 unspecified atom stereocenters. The van der Waals surface area contributed by atoms with Crippen LogP contribution < -0.4 is 20.3 Å². The number of aromatic nitrogens is 4. The van der Waals surface area contributed by atoms with Gasteiger partial charge in [0.25, 0.3) is 5.56 Å². The second kappa shape index (κ2) is 7.76. The second-order valence-corrected chi connectivity index (χ2v) is 7.88. The number of nitrogens with zero attached hydrogens (tertiary/aromatic N) is 4. The number of aryl methyl sites for hydroxylation is 1. The Morgan fingerprint density at radius 2 is 2.00 bits per heavy atom. The highest BCUT2D eigenvalue weighted by Gasteiger charge is 2.17. The van der Waals surface area contributed by atoms with E-state index >= 15 is 0 Å². The highest BCUT2D eigenvalue weighted by atomic mass is 32.2. The minimum absolute atomic E-state index is 0.113. The quantitative estimate of drug-likeness (QED) is 0.468. The Morgan fingerprint density at radius 1 is 1.21 bits per heavy atom. The van der Waals surface area contributed by atoms with Gasteiger partial charge in [-0.15, -0.1) is 21.5 Å². The molecule has 0 atom stereocenters. The summed E-state index contributed by atoms with van der Waals surface area (Å²) in [6.45, 7) is 0. The lowest BCUT2D eigenvalue weighted by atomic mass is 10.2. The van der Waals surface area contributed by atoms with Crippen LogP contribution in [0, 0.1) is 0 Å². The van der Waals surface area contributed by atoms with E-state index in [1.54, 1.807) is 36.8 Å². The van der Waals surface area contributed by atoms with Crippen LogP contribution >= 0.6 is 23.1 Å². The number of amides is 1. The van der Waals surface area contributed by atoms with Crippen LogP contribution in [0.4, 0.5) is 5.69 Å². The molecule has 4 aromatic rings. The smallest absolute Gasteiger partial charge is 0.272 e. The van der Waals surface area contributed by atoms with Crippen LogP contribution in [0.1, 0.15) is 0 Å². The maximum absolute atomic E-state index is 12.4. The minimum Gasteiger partial charge on any atom is -0.493 e. The molecule has 9 nitrogen and oxygen atoms in total. The fourth-order valence-corrected chi connectivity index (χ4v) is 4.50. The van der Waals surface area contributed by atoms with Crippen LogP contribution in [0.5, 0.6) is 11.5 Å². The number of benzene rings is 1. The monoisotopic (exact) mass is 431 g/mol. The molecule has 0 saturated carbocycles. The van der Waals surface area contributed by atoms with Crippen molar-refractivity contribution in [1.82, 2.24) is 19.2 Å². The molecule has 4 rings (SSSR count). The standard InChI is InChI=1S/C18H17N5O4S2/c1-22-16(25)15-11(6-7-28-15)23-17(22)20-21-18(23)29-9-14(24)19-10-4-5-12(26-2)13(8-10)27-3/h4-8H,9H2,1-3H3,(H,19,24). The number of fused-ring (bicyclic) bond motifs is 3. The van der Waals surface area contributed by atoms with E-state index in [4.69, 9.17) is 9.47 Å². The summed E-state index contributed by atoms with van der Waals surface area (Å²) in [5, 5.41) is 13.5. The molecule has 0 saturated heterocycles. The van der Waals surface area contributed by atoms with Gasteiger partial charge in [-0.2, -0.15) is 0 Å². The number of rotatable bonds is 6. The highest BCUT2D eigenvalue weighted by Crippen LogP contribution is 2.30. The molecular formula is C18H17N5O4S2. The number of carbonyl (C=O) groups is 1. The molecule has 1 aromatic carbocycles. The molecular weight excluding hydrogens is 414 g/mol. The van der Waals surface area contributed by atoms with Gasteiger partial charge in [0.1, 0.15) is 4.70 Å². The maximum atomic E-state index is 12.4. The van der Waals surface area contributed by atoms with E-state index in [1.165, 1.54) is 34.8 Å². The molecule has 150 valence electrons. The number of methoxy groups -OCH3 is 2. The summed E-state index contributed by atoms with van der Waals surface area (Å²) < 4.78 is 14.3. The van der Waals surface area contributed by atoms with Crippen molar-refractivity contribution in [3.63, 3.8) is 0 Å². The van der Waals surface area contributed by atoms with Crippen molar-refractivity contribution in [2.75, 3.05) is 25.3 Å². The third-order valence-corrected chi connectivity index (χ3v) is 6.12. The molecule has 1 N–H and O–H groups in total. The first-order valence-electron chi connectivity index (χ1n) is 8.49. The van der Waals surface area contributed by atoms with Crippen LogP contribution in [0.3, 0.4) is 0 Å². The molecule has 1 amide bonds. The summed E-state index contributed by atoms with van der Waals surface area (Å²) in [5.41, 5.74) is 1.22. The van der Waals surface area contributed by atoms with Crippen molar-refractivity contribution < 1.29 is 14.3 Å². The van der Waals surface area contributed by atoms with Gasteiger partial charge < -0.3 is 14.8 Å². The third-order valence-electron chi connectivity index (χ3n) is 4.30. The van der Waals surface area contributed by atoms with Crippen LogP contribution in [0.2, 0.25) is 0 Å². The SMILES string of the molecule is COc1ccc(NC(=O)CSc2nnc3n(C)c(=O)c4sccc4n23)cc1OC. The average molecular weight is 431 g/mol. The van der Waals surface area contributed by atoms with E-state index in [9.17, 15) is 9.59 Å². The van der Waals surface area contributed by atoms with Crippen molar-refractivity contribution in [2.45, 2.75) is 5.16 Å². The predicted octanol–water partition coefficient (Wildman–Crippen LogP) is 2.39. The Morgan fingerprint density at radius 3 is 2.76 bits per heavy atom. The fourth-order valence-electron chi connectivity index (χ4n) is 2.91. The summed E-state index contributed by atoms with van der Waals surface area (Å²) in [6.07, 6.45) is 0. The van der Waals surface area contributed by atoms with E-state index < -0.39 is 0 Å². The molecule has 0 bridgehead atoms.